The smallest absolute Gasteiger partial charge is 0.255 e. The Balaban J connectivity index is 1.47. The van der Waals surface area contributed by atoms with Crippen LogP contribution in [0.5, 0.6) is 5.75 Å². The lowest BCUT2D eigenvalue weighted by molar-refractivity contribution is -0.120. The molecule has 0 unspecified atom stereocenters. The summed E-state index contributed by atoms with van der Waals surface area (Å²) in [7, 11) is 0. The molecule has 7 nitrogen and oxygen atoms in total. The van der Waals surface area contributed by atoms with Crippen molar-refractivity contribution in [3.63, 3.8) is 0 Å². The highest BCUT2D eigenvalue weighted by Gasteiger charge is 2.14. The highest BCUT2D eigenvalue weighted by Crippen LogP contribution is 2.21. The van der Waals surface area contributed by atoms with Crippen LogP contribution < -0.4 is 10.6 Å². The first-order chi connectivity index (χ1) is 13.5. The second kappa shape index (κ2) is 8.85. The Hall–Kier alpha value is -3.61. The summed E-state index contributed by atoms with van der Waals surface area (Å²) in [5, 5.41) is 15.0. The molecule has 28 heavy (non-hydrogen) atoms. The van der Waals surface area contributed by atoms with Crippen molar-refractivity contribution in [1.82, 2.24) is 15.6 Å². The Kier molecular flexibility index (Phi) is 6.06. The van der Waals surface area contributed by atoms with E-state index >= 15 is 0 Å². The largest absolute Gasteiger partial charge is 0.507 e. The van der Waals surface area contributed by atoms with E-state index in [0.29, 0.717) is 17.3 Å². The minimum absolute atomic E-state index is 0.0836. The summed E-state index contributed by atoms with van der Waals surface area (Å²) < 4.78 is 5.65. The topological polar surface area (TPSA) is 104 Å². The second-order valence-electron chi connectivity index (χ2n) is 6.19. The van der Waals surface area contributed by atoms with Crippen LogP contribution in [0.4, 0.5) is 0 Å². The summed E-state index contributed by atoms with van der Waals surface area (Å²) in [4.78, 5) is 28.5. The Morgan fingerprint density at radius 3 is 2.43 bits per heavy atom. The van der Waals surface area contributed by atoms with Gasteiger partial charge in [0.15, 0.2) is 0 Å². The van der Waals surface area contributed by atoms with Gasteiger partial charge >= 0.3 is 0 Å². The van der Waals surface area contributed by atoms with E-state index in [1.165, 1.54) is 12.1 Å². The minimum atomic E-state index is -0.396. The average Bonchev–Trinajstić information content (AvgIpc) is 3.06. The monoisotopic (exact) mass is 379 g/mol. The fourth-order valence-electron chi connectivity index (χ4n) is 2.65. The Labute approximate surface area is 162 Å². The molecular formula is C21H21N3O4. The number of aromatic hydroxyl groups is 1. The van der Waals surface area contributed by atoms with E-state index < -0.39 is 5.91 Å². The van der Waals surface area contributed by atoms with Gasteiger partial charge in [0.1, 0.15) is 11.5 Å². The Bertz CT molecular complexity index is 967. The zero-order chi connectivity index (χ0) is 19.9. The van der Waals surface area contributed by atoms with Gasteiger partial charge in [0, 0.05) is 18.7 Å². The number of benzene rings is 2. The second-order valence-corrected chi connectivity index (χ2v) is 6.19. The average molecular weight is 379 g/mol. The van der Waals surface area contributed by atoms with Crippen LogP contribution in [0, 0.1) is 6.92 Å². The zero-order valence-electron chi connectivity index (χ0n) is 15.4. The molecule has 0 spiro atoms. The number of nitrogens with one attached hydrogen (secondary N) is 2. The third-order valence-electron chi connectivity index (χ3n) is 4.12. The van der Waals surface area contributed by atoms with Crippen LogP contribution >= 0.6 is 0 Å². The number of rotatable bonds is 7. The molecule has 0 radical (unpaired) electrons. The van der Waals surface area contributed by atoms with E-state index in [0.717, 1.165) is 5.56 Å². The molecule has 7 heteroatoms. The first-order valence-corrected chi connectivity index (χ1v) is 8.89. The lowest BCUT2D eigenvalue weighted by atomic mass is 10.2. The van der Waals surface area contributed by atoms with Crippen LogP contribution in [0.1, 0.15) is 21.8 Å². The van der Waals surface area contributed by atoms with Crippen LogP contribution in [0.2, 0.25) is 0 Å². The Morgan fingerprint density at radius 1 is 1.00 bits per heavy atom. The van der Waals surface area contributed by atoms with Crippen molar-refractivity contribution < 1.29 is 19.1 Å². The van der Waals surface area contributed by atoms with Crippen LogP contribution in [-0.2, 0) is 11.2 Å². The summed E-state index contributed by atoms with van der Waals surface area (Å²) in [6.07, 6.45) is 0.0928. The summed E-state index contributed by atoms with van der Waals surface area (Å²) in [6, 6.07) is 15.8. The van der Waals surface area contributed by atoms with Gasteiger partial charge in [-0.3, -0.25) is 9.59 Å². The molecule has 0 atom stereocenters. The Morgan fingerprint density at radius 2 is 1.68 bits per heavy atom. The van der Waals surface area contributed by atoms with Gasteiger partial charge in [-0.15, -0.1) is 0 Å². The van der Waals surface area contributed by atoms with E-state index in [1.807, 2.05) is 30.3 Å². The SMILES string of the molecule is Cc1oc(-c2ccccc2)nc1CC(=O)NCCNC(=O)c1ccccc1O. The number of phenols is 1. The van der Waals surface area contributed by atoms with Gasteiger partial charge in [0.25, 0.3) is 5.91 Å². The molecular weight excluding hydrogens is 358 g/mol. The number of hydrogen-bond donors (Lipinski definition) is 3. The number of aromatic nitrogens is 1. The van der Waals surface area contributed by atoms with Crippen LogP contribution in [0.3, 0.4) is 0 Å². The third-order valence-corrected chi connectivity index (χ3v) is 4.12. The van der Waals surface area contributed by atoms with E-state index in [1.54, 1.807) is 19.1 Å². The fourth-order valence-corrected chi connectivity index (χ4v) is 2.65. The number of nitrogens with zero attached hydrogens (tertiary/aromatic N) is 1. The molecule has 3 aromatic rings. The van der Waals surface area contributed by atoms with Gasteiger partial charge in [0.05, 0.1) is 17.7 Å². The van der Waals surface area contributed by atoms with Crippen molar-refractivity contribution in [3.8, 4) is 17.2 Å². The molecule has 0 saturated carbocycles. The van der Waals surface area contributed by atoms with Crippen molar-refractivity contribution in [2.75, 3.05) is 13.1 Å². The summed E-state index contributed by atoms with van der Waals surface area (Å²) >= 11 is 0. The van der Waals surface area contributed by atoms with Gasteiger partial charge in [-0.2, -0.15) is 0 Å². The molecule has 0 aliphatic heterocycles. The molecule has 1 heterocycles. The summed E-state index contributed by atoms with van der Waals surface area (Å²) in [6.45, 7) is 2.28. The van der Waals surface area contributed by atoms with Gasteiger partial charge in [-0.05, 0) is 31.2 Å². The van der Waals surface area contributed by atoms with E-state index in [-0.39, 0.29) is 36.7 Å². The number of oxazole rings is 1. The molecule has 0 aliphatic rings. The first kappa shape index (κ1) is 19.2. The lowest BCUT2D eigenvalue weighted by Gasteiger charge is -2.07. The van der Waals surface area contributed by atoms with Gasteiger partial charge in [-0.1, -0.05) is 30.3 Å². The molecule has 1 aromatic heterocycles. The van der Waals surface area contributed by atoms with E-state index in [2.05, 4.69) is 15.6 Å². The van der Waals surface area contributed by atoms with E-state index in [9.17, 15) is 14.7 Å². The van der Waals surface area contributed by atoms with Gasteiger partial charge in [-0.25, -0.2) is 4.98 Å². The molecule has 3 N–H and O–H groups in total. The number of phenolic OH excluding ortho intramolecular Hbond substituents is 1. The van der Waals surface area contributed by atoms with Crippen molar-refractivity contribution in [2.45, 2.75) is 13.3 Å². The number of amides is 2. The maximum Gasteiger partial charge on any atom is 0.255 e. The molecule has 144 valence electrons. The predicted molar refractivity (Wildman–Crippen MR) is 104 cm³/mol. The fraction of sp³-hybridized carbons (Fsp3) is 0.190. The van der Waals surface area contributed by atoms with Gasteiger partial charge in [0.2, 0.25) is 11.8 Å². The summed E-state index contributed by atoms with van der Waals surface area (Å²) in [5.74, 6) is 0.387. The molecule has 0 aliphatic carbocycles. The molecule has 0 bridgehead atoms. The minimum Gasteiger partial charge on any atom is -0.507 e. The highest BCUT2D eigenvalue weighted by molar-refractivity contribution is 5.96. The normalized spacial score (nSPS) is 10.5. The predicted octanol–water partition coefficient (Wildman–Crippen LogP) is 2.44. The number of carbonyl (C=O) groups is 2. The maximum atomic E-state index is 12.1. The molecule has 0 fully saturated rings. The number of para-hydroxylation sites is 1. The molecule has 0 saturated heterocycles. The van der Waals surface area contributed by atoms with Crippen LogP contribution in [-0.4, -0.2) is 35.0 Å². The van der Waals surface area contributed by atoms with Crippen molar-refractivity contribution in [3.05, 3.63) is 71.6 Å². The number of carbonyl (C=O) groups excluding carboxylic acids is 2. The van der Waals surface area contributed by atoms with Crippen LogP contribution in [0.15, 0.2) is 59.0 Å². The quantitative estimate of drug-likeness (QED) is 0.547. The zero-order valence-corrected chi connectivity index (χ0v) is 15.4. The van der Waals surface area contributed by atoms with Crippen molar-refractivity contribution >= 4 is 11.8 Å². The van der Waals surface area contributed by atoms with Crippen LogP contribution in [0.25, 0.3) is 11.5 Å². The van der Waals surface area contributed by atoms with Crippen molar-refractivity contribution in [1.29, 1.82) is 0 Å². The molecule has 2 amide bonds. The standard InChI is InChI=1S/C21H21N3O4/c1-14-17(24-21(28-14)15-7-3-2-4-8-15)13-19(26)22-11-12-23-20(27)16-9-5-6-10-18(16)25/h2-10,25H,11-13H2,1H3,(H,22,26)(H,23,27). The van der Waals surface area contributed by atoms with Crippen molar-refractivity contribution in [2.24, 2.45) is 0 Å². The third kappa shape index (κ3) is 4.76. The van der Waals surface area contributed by atoms with E-state index in [4.69, 9.17) is 4.42 Å². The summed E-state index contributed by atoms with van der Waals surface area (Å²) in [5.41, 5.74) is 1.62. The number of hydrogen-bond acceptors (Lipinski definition) is 5. The maximum absolute atomic E-state index is 12.1. The number of aryl methyl sites for hydroxylation is 1. The lowest BCUT2D eigenvalue weighted by Crippen LogP contribution is -2.35. The molecule has 2 aromatic carbocycles. The highest BCUT2D eigenvalue weighted by atomic mass is 16.4. The van der Waals surface area contributed by atoms with Gasteiger partial charge < -0.3 is 20.2 Å². The molecule has 3 rings (SSSR count). The first-order valence-electron chi connectivity index (χ1n) is 8.89.